The van der Waals surface area contributed by atoms with Gasteiger partial charge in [0.25, 0.3) is 5.91 Å². The van der Waals surface area contributed by atoms with Gasteiger partial charge < -0.3 is 15.4 Å². The molecule has 0 saturated carbocycles. The van der Waals surface area contributed by atoms with E-state index in [-0.39, 0.29) is 18.4 Å². The third kappa shape index (κ3) is 3.49. The second-order valence-electron chi connectivity index (χ2n) is 7.35. The number of nitrogens with one attached hydrogen (secondary N) is 2. The first kappa shape index (κ1) is 18.5. The Morgan fingerprint density at radius 3 is 2.96 bits per heavy atom. The summed E-state index contributed by atoms with van der Waals surface area (Å²) < 4.78 is 0. The number of hydrogen-bond donors (Lipinski definition) is 3. The molecule has 3 N–H and O–H groups in total. The van der Waals surface area contributed by atoms with Crippen molar-refractivity contribution in [2.24, 2.45) is 0 Å². The van der Waals surface area contributed by atoms with Crippen molar-refractivity contribution in [2.45, 2.75) is 37.3 Å². The summed E-state index contributed by atoms with van der Waals surface area (Å²) in [7, 11) is 0. The molecule has 1 aliphatic rings. The third-order valence-electron chi connectivity index (χ3n) is 5.40. The van der Waals surface area contributed by atoms with Gasteiger partial charge in [0, 0.05) is 28.4 Å². The lowest BCUT2D eigenvalue weighted by Crippen LogP contribution is -2.40. The molecule has 0 spiro atoms. The number of hydrogen-bond acceptors (Lipinski definition) is 3. The van der Waals surface area contributed by atoms with Gasteiger partial charge in [0.2, 0.25) is 0 Å². The first-order valence-electron chi connectivity index (χ1n) is 9.25. The highest BCUT2D eigenvalue weighted by molar-refractivity contribution is 6.31. The SMILES string of the molecule is N#CC[C@]1(O)CC(NC(=O)c2cc3cc(Cl)ccc3[nH]2)CCc2ccccc21. The predicted octanol–water partition coefficient (Wildman–Crippen LogP) is 4.06. The van der Waals surface area contributed by atoms with Crippen molar-refractivity contribution in [3.63, 3.8) is 0 Å². The highest BCUT2D eigenvalue weighted by Crippen LogP contribution is 2.36. The Bertz CT molecular complexity index is 1080. The second kappa shape index (κ2) is 7.31. The highest BCUT2D eigenvalue weighted by Gasteiger charge is 2.37. The number of aromatic nitrogens is 1. The number of nitrogens with zero attached hydrogens (tertiary/aromatic N) is 1. The molecule has 0 saturated heterocycles. The Morgan fingerprint density at radius 2 is 2.14 bits per heavy atom. The minimum Gasteiger partial charge on any atom is -0.384 e. The summed E-state index contributed by atoms with van der Waals surface area (Å²) in [6.07, 6.45) is 1.72. The first-order valence-corrected chi connectivity index (χ1v) is 9.63. The molecule has 0 aliphatic heterocycles. The van der Waals surface area contributed by atoms with Crippen LogP contribution >= 0.6 is 11.6 Å². The molecule has 4 rings (SSSR count). The molecule has 1 aromatic heterocycles. The number of nitriles is 1. The number of carbonyl (C=O) groups excluding carboxylic acids is 1. The standard InChI is InChI=1S/C22H20ClN3O2/c23-16-6-8-19-15(11-16)12-20(26-19)21(27)25-17-7-5-14-3-1-2-4-18(14)22(28,13-17)9-10-24/h1-4,6,8,11-12,17,26,28H,5,7,9,13H2,(H,25,27)/t17?,22-/m0/s1. The van der Waals surface area contributed by atoms with Crippen LogP contribution in [0.5, 0.6) is 0 Å². The van der Waals surface area contributed by atoms with Crippen LogP contribution in [-0.2, 0) is 12.0 Å². The van der Waals surface area contributed by atoms with E-state index in [1.807, 2.05) is 30.3 Å². The molecule has 0 bridgehead atoms. The largest absolute Gasteiger partial charge is 0.384 e. The fourth-order valence-electron chi connectivity index (χ4n) is 4.05. The second-order valence-corrected chi connectivity index (χ2v) is 7.79. The molecule has 28 heavy (non-hydrogen) atoms. The molecule has 1 aliphatic carbocycles. The number of aromatic amines is 1. The predicted molar refractivity (Wildman–Crippen MR) is 108 cm³/mol. The van der Waals surface area contributed by atoms with Crippen molar-refractivity contribution >= 4 is 28.4 Å². The molecule has 1 amide bonds. The molecular formula is C22H20ClN3O2. The van der Waals surface area contributed by atoms with E-state index in [0.717, 1.165) is 28.5 Å². The Morgan fingerprint density at radius 1 is 1.32 bits per heavy atom. The summed E-state index contributed by atoms with van der Waals surface area (Å²) in [4.78, 5) is 15.9. The first-order chi connectivity index (χ1) is 13.5. The molecule has 2 atom stereocenters. The number of benzene rings is 2. The van der Waals surface area contributed by atoms with Crippen LogP contribution in [0.3, 0.4) is 0 Å². The van der Waals surface area contributed by atoms with E-state index in [2.05, 4.69) is 16.4 Å². The summed E-state index contributed by atoms with van der Waals surface area (Å²) in [5.41, 5.74) is 1.82. The summed E-state index contributed by atoms with van der Waals surface area (Å²) in [5.74, 6) is -0.234. The van der Waals surface area contributed by atoms with Crippen LogP contribution < -0.4 is 5.32 Å². The highest BCUT2D eigenvalue weighted by atomic mass is 35.5. The van der Waals surface area contributed by atoms with Crippen LogP contribution in [0.15, 0.2) is 48.5 Å². The topological polar surface area (TPSA) is 88.9 Å². The molecule has 0 fully saturated rings. The van der Waals surface area contributed by atoms with Gasteiger partial charge in [0.05, 0.1) is 12.5 Å². The van der Waals surface area contributed by atoms with Crippen molar-refractivity contribution in [3.05, 3.63) is 70.4 Å². The maximum absolute atomic E-state index is 12.8. The summed E-state index contributed by atoms with van der Waals surface area (Å²) in [6, 6.07) is 16.7. The van der Waals surface area contributed by atoms with E-state index in [1.54, 1.807) is 18.2 Å². The van der Waals surface area contributed by atoms with Gasteiger partial charge in [-0.15, -0.1) is 0 Å². The number of aliphatic hydroxyl groups is 1. The number of rotatable bonds is 3. The number of halogens is 1. The normalized spacial score (nSPS) is 21.5. The molecule has 2 aromatic carbocycles. The van der Waals surface area contributed by atoms with Gasteiger partial charge in [-0.05, 0) is 48.2 Å². The maximum Gasteiger partial charge on any atom is 0.267 e. The average Bonchev–Trinajstić information content (AvgIpc) is 3.04. The van der Waals surface area contributed by atoms with E-state index in [9.17, 15) is 15.2 Å². The summed E-state index contributed by atoms with van der Waals surface area (Å²) in [5, 5.41) is 24.9. The van der Waals surface area contributed by atoms with Crippen molar-refractivity contribution < 1.29 is 9.90 Å². The van der Waals surface area contributed by atoms with E-state index in [1.165, 1.54) is 0 Å². The average molecular weight is 394 g/mol. The van der Waals surface area contributed by atoms with E-state index in [4.69, 9.17) is 11.6 Å². The third-order valence-corrected chi connectivity index (χ3v) is 5.63. The zero-order valence-corrected chi connectivity index (χ0v) is 16.0. The number of amides is 1. The van der Waals surface area contributed by atoms with Crippen LogP contribution in [-0.4, -0.2) is 22.0 Å². The van der Waals surface area contributed by atoms with Gasteiger partial charge in [0.15, 0.2) is 0 Å². The van der Waals surface area contributed by atoms with Crippen LogP contribution in [0.25, 0.3) is 10.9 Å². The number of fused-ring (bicyclic) bond motifs is 2. The smallest absolute Gasteiger partial charge is 0.267 e. The van der Waals surface area contributed by atoms with Crippen molar-refractivity contribution in [1.29, 1.82) is 5.26 Å². The van der Waals surface area contributed by atoms with Crippen molar-refractivity contribution in [2.75, 3.05) is 0 Å². The lowest BCUT2D eigenvalue weighted by molar-refractivity contribution is 0.0234. The molecule has 5 nitrogen and oxygen atoms in total. The monoisotopic (exact) mass is 393 g/mol. The van der Waals surface area contributed by atoms with Crippen LogP contribution in [0, 0.1) is 11.3 Å². The lowest BCUT2D eigenvalue weighted by Gasteiger charge is -2.29. The molecule has 1 unspecified atom stereocenters. The van der Waals surface area contributed by atoms with Gasteiger partial charge in [-0.3, -0.25) is 4.79 Å². The minimum atomic E-state index is -1.27. The van der Waals surface area contributed by atoms with Crippen LogP contribution in [0.2, 0.25) is 5.02 Å². The Hall–Kier alpha value is -2.81. The van der Waals surface area contributed by atoms with Crippen LogP contribution in [0.4, 0.5) is 0 Å². The van der Waals surface area contributed by atoms with E-state index >= 15 is 0 Å². The fourth-order valence-corrected chi connectivity index (χ4v) is 4.23. The summed E-state index contributed by atoms with van der Waals surface area (Å²) in [6.45, 7) is 0. The number of carbonyl (C=O) groups is 1. The van der Waals surface area contributed by atoms with Gasteiger partial charge in [-0.2, -0.15) is 5.26 Å². The fraction of sp³-hybridized carbons (Fsp3) is 0.273. The zero-order valence-electron chi connectivity index (χ0n) is 15.2. The van der Waals surface area contributed by atoms with Gasteiger partial charge >= 0.3 is 0 Å². The minimum absolute atomic E-state index is 0.0126. The molecule has 0 radical (unpaired) electrons. The Labute approximate surface area is 167 Å². The maximum atomic E-state index is 12.8. The zero-order chi connectivity index (χ0) is 19.7. The van der Waals surface area contributed by atoms with E-state index in [0.29, 0.717) is 23.6 Å². The number of H-pyrrole nitrogens is 1. The molecule has 1 heterocycles. The molecule has 6 heteroatoms. The molecule has 3 aromatic rings. The lowest BCUT2D eigenvalue weighted by atomic mass is 9.84. The quantitative estimate of drug-likeness (QED) is 0.586. The van der Waals surface area contributed by atoms with Crippen molar-refractivity contribution in [3.8, 4) is 6.07 Å². The van der Waals surface area contributed by atoms with Crippen LogP contribution in [0.1, 0.15) is 40.9 Å². The van der Waals surface area contributed by atoms with Gasteiger partial charge in [0.1, 0.15) is 11.3 Å². The van der Waals surface area contributed by atoms with Gasteiger partial charge in [-0.1, -0.05) is 35.9 Å². The molecule has 142 valence electrons. The van der Waals surface area contributed by atoms with Crippen molar-refractivity contribution in [1.82, 2.24) is 10.3 Å². The Balaban J connectivity index is 1.57. The molecular weight excluding hydrogens is 374 g/mol. The van der Waals surface area contributed by atoms with Gasteiger partial charge in [-0.25, -0.2) is 0 Å². The summed E-state index contributed by atoms with van der Waals surface area (Å²) >= 11 is 6.02. The Kier molecular flexibility index (Phi) is 4.84. The number of aryl methyl sites for hydroxylation is 1. The van der Waals surface area contributed by atoms with E-state index < -0.39 is 5.60 Å².